The summed E-state index contributed by atoms with van der Waals surface area (Å²) in [5, 5.41) is 2.54. The van der Waals surface area contributed by atoms with Crippen LogP contribution < -0.4 is 16.0 Å². The van der Waals surface area contributed by atoms with Crippen LogP contribution in [0.25, 0.3) is 0 Å². The van der Waals surface area contributed by atoms with Crippen molar-refractivity contribution in [2.24, 2.45) is 5.73 Å². The minimum Gasteiger partial charge on any atom is -0.452 e. The van der Waals surface area contributed by atoms with Gasteiger partial charge in [0.05, 0.1) is 5.56 Å². The van der Waals surface area contributed by atoms with Crippen LogP contribution in [0.4, 0.5) is 16.2 Å². The zero-order valence-electron chi connectivity index (χ0n) is 18.3. The van der Waals surface area contributed by atoms with Crippen molar-refractivity contribution < 1.29 is 28.7 Å². The number of primary amides is 1. The highest BCUT2D eigenvalue weighted by Crippen LogP contribution is 2.16. The van der Waals surface area contributed by atoms with Crippen molar-refractivity contribution in [2.75, 3.05) is 23.4 Å². The fraction of sp³-hybridized carbons (Fsp3) is 0.304. The predicted octanol–water partition coefficient (Wildman–Crippen LogP) is 3.10. The van der Waals surface area contributed by atoms with Crippen molar-refractivity contribution in [2.45, 2.75) is 32.8 Å². The molecule has 2 aromatic carbocycles. The van der Waals surface area contributed by atoms with Crippen LogP contribution in [-0.4, -0.2) is 42.6 Å². The van der Waals surface area contributed by atoms with Crippen LogP contribution in [0.3, 0.4) is 0 Å². The second-order valence-electron chi connectivity index (χ2n) is 7.88. The maximum atomic E-state index is 12.7. The molecular formula is C23H27N3O6. The molecule has 0 aliphatic carbocycles. The van der Waals surface area contributed by atoms with E-state index in [9.17, 15) is 19.2 Å². The highest BCUT2D eigenvalue weighted by atomic mass is 16.6. The quantitative estimate of drug-likeness (QED) is 0.606. The average Bonchev–Trinajstić information content (AvgIpc) is 2.71. The minimum absolute atomic E-state index is 0.0348. The van der Waals surface area contributed by atoms with Crippen molar-refractivity contribution in [3.05, 3.63) is 60.2 Å². The van der Waals surface area contributed by atoms with Gasteiger partial charge in [0.2, 0.25) is 5.91 Å². The number of ether oxygens (including phenoxy) is 2. The summed E-state index contributed by atoms with van der Waals surface area (Å²) in [4.78, 5) is 49.5. The van der Waals surface area contributed by atoms with E-state index in [2.05, 4.69) is 5.32 Å². The topological polar surface area (TPSA) is 128 Å². The predicted molar refractivity (Wildman–Crippen MR) is 119 cm³/mol. The molecule has 0 saturated carbocycles. The zero-order chi connectivity index (χ0) is 23.7. The Balaban J connectivity index is 2.01. The van der Waals surface area contributed by atoms with Gasteiger partial charge in [-0.1, -0.05) is 24.3 Å². The van der Waals surface area contributed by atoms with Gasteiger partial charge in [0.1, 0.15) is 5.60 Å². The number of esters is 1. The summed E-state index contributed by atoms with van der Waals surface area (Å²) in [5.74, 6) is -1.80. The lowest BCUT2D eigenvalue weighted by atomic mass is 10.2. The number of carbonyl (C=O) groups excluding carboxylic acids is 4. The first kappa shape index (κ1) is 24.4. The molecule has 0 fully saturated rings. The van der Waals surface area contributed by atoms with Crippen LogP contribution in [0.5, 0.6) is 0 Å². The molecule has 0 atom stereocenters. The summed E-state index contributed by atoms with van der Waals surface area (Å²) in [5.41, 5.74) is 5.57. The maximum Gasteiger partial charge on any atom is 0.412 e. The van der Waals surface area contributed by atoms with E-state index in [0.29, 0.717) is 11.4 Å². The van der Waals surface area contributed by atoms with Gasteiger partial charge in [0.15, 0.2) is 6.61 Å². The van der Waals surface area contributed by atoms with Gasteiger partial charge in [0.25, 0.3) is 5.91 Å². The molecule has 2 rings (SSSR count). The third-order valence-electron chi connectivity index (χ3n) is 4.02. The molecule has 0 saturated heterocycles. The van der Waals surface area contributed by atoms with E-state index in [1.165, 1.54) is 17.0 Å². The molecule has 9 nitrogen and oxygen atoms in total. The number of carbonyl (C=O) groups is 4. The summed E-state index contributed by atoms with van der Waals surface area (Å²) in [6.07, 6.45) is -0.696. The number of benzene rings is 2. The fourth-order valence-corrected chi connectivity index (χ4v) is 2.66. The monoisotopic (exact) mass is 441 g/mol. The Morgan fingerprint density at radius 1 is 1.00 bits per heavy atom. The molecule has 0 bridgehead atoms. The Labute approximate surface area is 186 Å². The molecule has 2 aromatic rings. The molecule has 0 unspecified atom stereocenters. The maximum absolute atomic E-state index is 12.7. The van der Waals surface area contributed by atoms with E-state index in [1.54, 1.807) is 63.2 Å². The molecule has 3 amide bonds. The van der Waals surface area contributed by atoms with E-state index >= 15 is 0 Å². The smallest absolute Gasteiger partial charge is 0.412 e. The SMILES string of the molecule is CC(C)(C)OC(=O)Nc1cccc(C(=O)OCC(=O)N(CCC(N)=O)c2ccccc2)c1. The Bertz CT molecular complexity index is 969. The molecule has 0 radical (unpaired) electrons. The van der Waals surface area contributed by atoms with Crippen molar-refractivity contribution in [3.8, 4) is 0 Å². The van der Waals surface area contributed by atoms with Gasteiger partial charge in [0, 0.05) is 24.3 Å². The number of rotatable bonds is 8. The van der Waals surface area contributed by atoms with Crippen LogP contribution >= 0.6 is 0 Å². The third-order valence-corrected chi connectivity index (χ3v) is 4.02. The van der Waals surface area contributed by atoms with E-state index in [1.807, 2.05) is 0 Å². The number of hydrogen-bond donors (Lipinski definition) is 2. The summed E-state index contributed by atoms with van der Waals surface area (Å²) in [6.45, 7) is 4.74. The molecule has 9 heteroatoms. The van der Waals surface area contributed by atoms with Gasteiger partial charge in [-0.05, 0) is 51.1 Å². The van der Waals surface area contributed by atoms with Crippen LogP contribution in [-0.2, 0) is 19.1 Å². The molecule has 0 heterocycles. The summed E-state index contributed by atoms with van der Waals surface area (Å²) >= 11 is 0. The van der Waals surface area contributed by atoms with Crippen molar-refractivity contribution in [1.29, 1.82) is 0 Å². The molecule has 0 aliphatic rings. The number of hydrogen-bond acceptors (Lipinski definition) is 6. The first-order valence-corrected chi connectivity index (χ1v) is 9.96. The summed E-state index contributed by atoms with van der Waals surface area (Å²) in [7, 11) is 0. The van der Waals surface area contributed by atoms with Gasteiger partial charge in [-0.3, -0.25) is 14.9 Å². The average molecular weight is 441 g/mol. The van der Waals surface area contributed by atoms with Gasteiger partial charge in [-0.2, -0.15) is 0 Å². The molecule has 0 spiro atoms. The lowest BCUT2D eigenvalue weighted by Crippen LogP contribution is -2.37. The van der Waals surface area contributed by atoms with Crippen molar-refractivity contribution in [1.82, 2.24) is 0 Å². The van der Waals surface area contributed by atoms with E-state index in [4.69, 9.17) is 15.2 Å². The lowest BCUT2D eigenvalue weighted by Gasteiger charge is -2.22. The van der Waals surface area contributed by atoms with Crippen LogP contribution in [0.15, 0.2) is 54.6 Å². The Morgan fingerprint density at radius 2 is 1.69 bits per heavy atom. The minimum atomic E-state index is -0.742. The van der Waals surface area contributed by atoms with Crippen LogP contribution in [0.2, 0.25) is 0 Å². The van der Waals surface area contributed by atoms with Gasteiger partial charge in [-0.15, -0.1) is 0 Å². The van der Waals surface area contributed by atoms with Gasteiger partial charge < -0.3 is 20.1 Å². The van der Waals surface area contributed by atoms with E-state index < -0.39 is 36.1 Å². The lowest BCUT2D eigenvalue weighted by molar-refractivity contribution is -0.121. The standard InChI is InChI=1S/C23H27N3O6/c1-23(2,3)32-22(30)25-17-9-7-8-16(14-17)21(29)31-15-20(28)26(13-12-19(24)27)18-10-5-4-6-11-18/h4-11,14H,12-13,15H2,1-3H3,(H2,24,27)(H,25,30). The second-order valence-corrected chi connectivity index (χ2v) is 7.88. The first-order chi connectivity index (χ1) is 15.0. The zero-order valence-corrected chi connectivity index (χ0v) is 18.3. The fourth-order valence-electron chi connectivity index (χ4n) is 2.66. The molecule has 0 aliphatic heterocycles. The number of nitrogens with one attached hydrogen (secondary N) is 1. The summed E-state index contributed by atoms with van der Waals surface area (Å²) in [6, 6.07) is 14.7. The van der Waals surface area contributed by atoms with Crippen LogP contribution in [0, 0.1) is 0 Å². The first-order valence-electron chi connectivity index (χ1n) is 9.96. The number of amides is 3. The number of anilines is 2. The molecule has 170 valence electrons. The number of nitrogens with two attached hydrogens (primary N) is 1. The van der Waals surface area contributed by atoms with Gasteiger partial charge >= 0.3 is 12.1 Å². The summed E-state index contributed by atoms with van der Waals surface area (Å²) < 4.78 is 10.3. The second kappa shape index (κ2) is 10.9. The van der Waals surface area contributed by atoms with Crippen molar-refractivity contribution >= 4 is 35.3 Å². The normalized spacial score (nSPS) is 10.7. The highest BCUT2D eigenvalue weighted by Gasteiger charge is 2.20. The molecule has 32 heavy (non-hydrogen) atoms. The Kier molecular flexibility index (Phi) is 8.34. The van der Waals surface area contributed by atoms with E-state index in [-0.39, 0.29) is 18.5 Å². The van der Waals surface area contributed by atoms with E-state index in [0.717, 1.165) is 0 Å². The number of para-hydroxylation sites is 1. The molecule has 0 aromatic heterocycles. The Morgan fingerprint density at radius 3 is 2.31 bits per heavy atom. The van der Waals surface area contributed by atoms with Crippen molar-refractivity contribution in [3.63, 3.8) is 0 Å². The molecular weight excluding hydrogens is 414 g/mol. The molecule has 3 N–H and O–H groups in total. The largest absolute Gasteiger partial charge is 0.452 e. The third kappa shape index (κ3) is 8.10. The highest BCUT2D eigenvalue weighted by molar-refractivity contribution is 5.98. The number of nitrogens with zero attached hydrogens (tertiary/aromatic N) is 1. The van der Waals surface area contributed by atoms with Gasteiger partial charge in [-0.25, -0.2) is 9.59 Å². The Hall–Kier alpha value is -3.88. The van der Waals surface area contributed by atoms with Crippen LogP contribution in [0.1, 0.15) is 37.6 Å².